The summed E-state index contributed by atoms with van der Waals surface area (Å²) in [6.45, 7) is 7.39. The highest BCUT2D eigenvalue weighted by Gasteiger charge is 2.28. The minimum Gasteiger partial charge on any atom is -0.495 e. The van der Waals surface area contributed by atoms with Crippen molar-refractivity contribution in [2.45, 2.75) is 0 Å². The first-order valence-electron chi connectivity index (χ1n) is 10.3. The lowest BCUT2D eigenvalue weighted by Crippen LogP contribution is -3.16. The zero-order valence-corrected chi connectivity index (χ0v) is 17.0. The molecule has 154 valence electrons. The molecule has 0 saturated carbocycles. The molecule has 8 heteroatoms. The number of anilines is 2. The number of rotatable bonds is 5. The third kappa shape index (κ3) is 4.59. The predicted octanol–water partition coefficient (Wildman–Crippen LogP) is -0.461. The average Bonchev–Trinajstić information content (AvgIpc) is 2.80. The van der Waals surface area contributed by atoms with Gasteiger partial charge < -0.3 is 24.3 Å². The summed E-state index contributed by atoms with van der Waals surface area (Å²) in [7, 11) is 1.71. The van der Waals surface area contributed by atoms with Crippen LogP contribution >= 0.6 is 0 Å². The van der Waals surface area contributed by atoms with Crippen molar-refractivity contribution in [3.8, 4) is 5.75 Å². The molecule has 4 rings (SSSR count). The highest BCUT2D eigenvalue weighted by molar-refractivity contribution is 5.77. The van der Waals surface area contributed by atoms with Crippen LogP contribution in [0.15, 0.2) is 42.7 Å². The number of carbonyl (C=O) groups is 1. The van der Waals surface area contributed by atoms with Gasteiger partial charge in [-0.1, -0.05) is 12.1 Å². The molecule has 0 radical (unpaired) electrons. The summed E-state index contributed by atoms with van der Waals surface area (Å²) in [5, 5.41) is 0. The first-order valence-corrected chi connectivity index (χ1v) is 10.3. The summed E-state index contributed by atoms with van der Waals surface area (Å²) in [5.74, 6) is 1.91. The van der Waals surface area contributed by atoms with Crippen LogP contribution in [0.4, 0.5) is 11.6 Å². The number of ether oxygens (including phenoxy) is 1. The largest absolute Gasteiger partial charge is 0.495 e. The fraction of sp³-hybridized carbons (Fsp3) is 0.476. The Hall–Kier alpha value is -2.87. The number of methoxy groups -OCH3 is 1. The second kappa shape index (κ2) is 9.09. The highest BCUT2D eigenvalue weighted by atomic mass is 16.5. The Labute approximate surface area is 171 Å². The molecule has 0 aliphatic carbocycles. The molecule has 1 amide bonds. The Bertz CT molecular complexity index is 802. The molecule has 0 unspecified atom stereocenters. The molecule has 1 N–H and O–H groups in total. The molecule has 2 aliphatic rings. The monoisotopic (exact) mass is 397 g/mol. The number of piperazine rings is 2. The average molecular weight is 398 g/mol. The standard InChI is InChI=1S/C21H28N6O2/c1-29-19-6-3-2-5-18(19)25-11-9-24(10-12-25)17-20(28)26-13-15-27(16-14-26)21-22-7-4-8-23-21/h2-8H,9-17H2,1H3/p+1. The van der Waals surface area contributed by atoms with E-state index in [0.717, 1.165) is 69.7 Å². The van der Waals surface area contributed by atoms with Crippen LogP contribution in [0.1, 0.15) is 0 Å². The Morgan fingerprint density at radius 2 is 1.66 bits per heavy atom. The van der Waals surface area contributed by atoms with Gasteiger partial charge in [-0.25, -0.2) is 9.97 Å². The fourth-order valence-electron chi connectivity index (χ4n) is 4.07. The van der Waals surface area contributed by atoms with Gasteiger partial charge in [-0.2, -0.15) is 0 Å². The number of hydrogen-bond donors (Lipinski definition) is 1. The Balaban J connectivity index is 1.24. The van der Waals surface area contributed by atoms with Crippen LogP contribution in [0, 0.1) is 0 Å². The number of carbonyl (C=O) groups excluding carboxylic acids is 1. The number of aromatic nitrogens is 2. The van der Waals surface area contributed by atoms with E-state index in [2.05, 4.69) is 25.8 Å². The second-order valence-corrected chi connectivity index (χ2v) is 7.50. The lowest BCUT2D eigenvalue weighted by Gasteiger charge is -2.37. The zero-order valence-electron chi connectivity index (χ0n) is 17.0. The van der Waals surface area contributed by atoms with Crippen molar-refractivity contribution in [1.29, 1.82) is 0 Å². The summed E-state index contributed by atoms with van der Waals surface area (Å²) in [5.41, 5.74) is 1.14. The maximum atomic E-state index is 12.8. The molecule has 2 aliphatic heterocycles. The Morgan fingerprint density at radius 1 is 0.966 bits per heavy atom. The number of amides is 1. The van der Waals surface area contributed by atoms with E-state index in [1.54, 1.807) is 19.5 Å². The molecule has 1 aromatic carbocycles. The minimum atomic E-state index is 0.249. The lowest BCUT2D eigenvalue weighted by molar-refractivity contribution is -0.892. The van der Waals surface area contributed by atoms with Crippen LogP contribution in [-0.2, 0) is 4.79 Å². The minimum absolute atomic E-state index is 0.249. The lowest BCUT2D eigenvalue weighted by atomic mass is 10.2. The third-order valence-electron chi connectivity index (χ3n) is 5.76. The molecule has 2 saturated heterocycles. The van der Waals surface area contributed by atoms with E-state index in [1.807, 2.05) is 29.2 Å². The van der Waals surface area contributed by atoms with E-state index in [9.17, 15) is 4.79 Å². The van der Waals surface area contributed by atoms with Gasteiger partial charge in [0.05, 0.1) is 39.0 Å². The molecule has 29 heavy (non-hydrogen) atoms. The van der Waals surface area contributed by atoms with Gasteiger partial charge in [0, 0.05) is 38.6 Å². The van der Waals surface area contributed by atoms with Crippen molar-refractivity contribution in [3.63, 3.8) is 0 Å². The molecule has 1 aromatic heterocycles. The molecule has 0 spiro atoms. The smallest absolute Gasteiger partial charge is 0.277 e. The van der Waals surface area contributed by atoms with Crippen LogP contribution in [-0.4, -0.2) is 86.8 Å². The first kappa shape index (κ1) is 19.4. The van der Waals surface area contributed by atoms with Crippen LogP contribution in [0.5, 0.6) is 5.75 Å². The van der Waals surface area contributed by atoms with E-state index in [4.69, 9.17) is 4.74 Å². The van der Waals surface area contributed by atoms with Gasteiger partial charge in [-0.3, -0.25) is 4.79 Å². The SMILES string of the molecule is COc1ccccc1N1CC[NH+](CC(=O)N2CCN(c3ncccn3)CC2)CC1. The number of nitrogens with zero attached hydrogens (tertiary/aromatic N) is 5. The summed E-state index contributed by atoms with van der Waals surface area (Å²) in [6, 6.07) is 9.95. The number of quaternary nitrogens is 1. The maximum Gasteiger partial charge on any atom is 0.277 e. The molecule has 2 aromatic rings. The zero-order chi connectivity index (χ0) is 20.1. The van der Waals surface area contributed by atoms with Gasteiger partial charge >= 0.3 is 0 Å². The van der Waals surface area contributed by atoms with E-state index in [-0.39, 0.29) is 5.91 Å². The van der Waals surface area contributed by atoms with Gasteiger partial charge in [0.1, 0.15) is 5.75 Å². The summed E-state index contributed by atoms with van der Waals surface area (Å²) in [4.78, 5) is 29.2. The number of hydrogen-bond acceptors (Lipinski definition) is 6. The molecule has 3 heterocycles. The maximum absolute atomic E-state index is 12.8. The quantitative estimate of drug-likeness (QED) is 0.737. The second-order valence-electron chi connectivity index (χ2n) is 7.50. The van der Waals surface area contributed by atoms with Gasteiger partial charge in [0.15, 0.2) is 6.54 Å². The van der Waals surface area contributed by atoms with Crippen LogP contribution < -0.4 is 19.4 Å². The van der Waals surface area contributed by atoms with Crippen molar-refractivity contribution >= 4 is 17.5 Å². The van der Waals surface area contributed by atoms with E-state index in [1.165, 1.54) is 4.90 Å². The van der Waals surface area contributed by atoms with Gasteiger partial charge in [0.2, 0.25) is 5.95 Å². The topological polar surface area (TPSA) is 66.2 Å². The molecular formula is C21H29N6O2+. The molecule has 0 atom stereocenters. The molecule has 2 fully saturated rings. The van der Waals surface area contributed by atoms with Crippen LogP contribution in [0.3, 0.4) is 0 Å². The van der Waals surface area contributed by atoms with Crippen molar-refractivity contribution in [2.75, 3.05) is 75.8 Å². The third-order valence-corrected chi connectivity index (χ3v) is 5.76. The summed E-state index contributed by atoms with van der Waals surface area (Å²) >= 11 is 0. The van der Waals surface area contributed by atoms with E-state index < -0.39 is 0 Å². The summed E-state index contributed by atoms with van der Waals surface area (Å²) < 4.78 is 5.49. The van der Waals surface area contributed by atoms with Crippen molar-refractivity contribution in [3.05, 3.63) is 42.7 Å². The normalized spacial score (nSPS) is 18.0. The van der Waals surface area contributed by atoms with E-state index in [0.29, 0.717) is 6.54 Å². The summed E-state index contributed by atoms with van der Waals surface area (Å²) in [6.07, 6.45) is 3.52. The number of benzene rings is 1. The number of para-hydroxylation sites is 2. The predicted molar refractivity (Wildman–Crippen MR) is 112 cm³/mol. The van der Waals surface area contributed by atoms with Gasteiger partial charge in [-0.05, 0) is 18.2 Å². The Kier molecular flexibility index (Phi) is 6.09. The van der Waals surface area contributed by atoms with Crippen molar-refractivity contribution < 1.29 is 14.4 Å². The van der Waals surface area contributed by atoms with E-state index >= 15 is 0 Å². The number of nitrogens with one attached hydrogen (secondary N) is 1. The molecule has 0 bridgehead atoms. The van der Waals surface area contributed by atoms with Gasteiger partial charge in [-0.15, -0.1) is 0 Å². The molecular weight excluding hydrogens is 368 g/mol. The highest BCUT2D eigenvalue weighted by Crippen LogP contribution is 2.27. The first-order chi connectivity index (χ1) is 14.2. The fourth-order valence-corrected chi connectivity index (χ4v) is 4.07. The molecule has 8 nitrogen and oxygen atoms in total. The van der Waals surface area contributed by atoms with Gasteiger partial charge in [0.25, 0.3) is 5.91 Å². The van der Waals surface area contributed by atoms with Crippen LogP contribution in [0.2, 0.25) is 0 Å². The van der Waals surface area contributed by atoms with Crippen molar-refractivity contribution in [2.24, 2.45) is 0 Å². The van der Waals surface area contributed by atoms with Crippen molar-refractivity contribution in [1.82, 2.24) is 14.9 Å². The van der Waals surface area contributed by atoms with Crippen LogP contribution in [0.25, 0.3) is 0 Å². The Morgan fingerprint density at radius 3 is 2.34 bits per heavy atom.